The number of nitro groups is 1. The van der Waals surface area contributed by atoms with Crippen molar-refractivity contribution in [2.75, 3.05) is 12.5 Å². The number of rotatable bonds is 6. The van der Waals surface area contributed by atoms with Crippen LogP contribution in [0.4, 0.5) is 17.2 Å². The summed E-state index contributed by atoms with van der Waals surface area (Å²) in [6, 6.07) is 15.2. The van der Waals surface area contributed by atoms with Crippen LogP contribution in [-0.4, -0.2) is 27.8 Å². The smallest absolute Gasteiger partial charge is 0.287 e. The number of amidine groups is 1. The van der Waals surface area contributed by atoms with Gasteiger partial charge in [0.05, 0.1) is 17.7 Å². The zero-order valence-electron chi connectivity index (χ0n) is 14.8. The lowest BCUT2D eigenvalue weighted by Gasteiger charge is -2.07. The molecule has 0 aliphatic carbocycles. The molecule has 2 heterocycles. The van der Waals surface area contributed by atoms with Gasteiger partial charge in [-0.1, -0.05) is 18.2 Å². The first-order valence-corrected chi connectivity index (χ1v) is 8.07. The lowest BCUT2D eigenvalue weighted by atomic mass is 10.3. The van der Waals surface area contributed by atoms with Gasteiger partial charge in [0.25, 0.3) is 5.69 Å². The highest BCUT2D eigenvalue weighted by Crippen LogP contribution is 2.23. The molecule has 2 aromatic heterocycles. The Morgan fingerprint density at radius 3 is 2.61 bits per heavy atom. The molecular weight excluding hydrogens is 362 g/mol. The molecule has 1 aromatic carbocycles. The number of aromatic nitrogens is 2. The van der Waals surface area contributed by atoms with Crippen LogP contribution in [0.2, 0.25) is 0 Å². The number of benzene rings is 1. The SMILES string of the molecule is COc1ccccc1N/N=C(\N=Nc1ccc([N+](=O)[O-])cn1)c1ccccn1. The highest BCUT2D eigenvalue weighted by molar-refractivity contribution is 5.97. The second-order valence-electron chi connectivity index (χ2n) is 5.29. The summed E-state index contributed by atoms with van der Waals surface area (Å²) in [6.45, 7) is 0. The van der Waals surface area contributed by atoms with Crippen molar-refractivity contribution in [1.29, 1.82) is 0 Å². The molecule has 0 radical (unpaired) electrons. The number of methoxy groups -OCH3 is 1. The van der Waals surface area contributed by atoms with E-state index in [4.69, 9.17) is 4.74 Å². The van der Waals surface area contributed by atoms with Gasteiger partial charge in [0.2, 0.25) is 5.84 Å². The highest BCUT2D eigenvalue weighted by atomic mass is 16.6. The van der Waals surface area contributed by atoms with Gasteiger partial charge in [0, 0.05) is 12.3 Å². The maximum atomic E-state index is 10.7. The van der Waals surface area contributed by atoms with Crippen LogP contribution in [0.15, 0.2) is 82.3 Å². The predicted molar refractivity (Wildman–Crippen MR) is 103 cm³/mol. The van der Waals surface area contributed by atoms with E-state index in [1.165, 1.54) is 12.1 Å². The van der Waals surface area contributed by atoms with Crippen molar-refractivity contribution in [2.24, 2.45) is 15.3 Å². The number of hydrazone groups is 1. The van der Waals surface area contributed by atoms with Crippen molar-refractivity contribution >= 4 is 23.0 Å². The molecule has 0 bridgehead atoms. The van der Waals surface area contributed by atoms with E-state index < -0.39 is 4.92 Å². The number of azo groups is 1. The lowest BCUT2D eigenvalue weighted by molar-refractivity contribution is -0.385. The molecule has 0 saturated carbocycles. The summed E-state index contributed by atoms with van der Waals surface area (Å²) in [7, 11) is 1.56. The Hall–Kier alpha value is -4.21. The standard InChI is InChI=1S/C18H15N7O3/c1-28-16-8-3-2-6-14(16)21-23-18(15-7-4-5-11-19-15)24-22-17-10-9-13(12-20-17)25(26)27/h2-12,21H,1H3/b23-18-,24-22?. The van der Waals surface area contributed by atoms with E-state index in [1.807, 2.05) is 12.1 Å². The molecule has 0 unspecified atom stereocenters. The Bertz CT molecular complexity index is 1010. The predicted octanol–water partition coefficient (Wildman–Crippen LogP) is 3.95. The number of nitrogens with one attached hydrogen (secondary N) is 1. The number of para-hydroxylation sites is 2. The average Bonchev–Trinajstić information content (AvgIpc) is 2.75. The van der Waals surface area contributed by atoms with Crippen LogP contribution in [0.3, 0.4) is 0 Å². The monoisotopic (exact) mass is 377 g/mol. The number of ether oxygens (including phenoxy) is 1. The van der Waals surface area contributed by atoms with Crippen LogP contribution < -0.4 is 10.2 Å². The van der Waals surface area contributed by atoms with Crippen molar-refractivity contribution in [3.05, 3.63) is 82.8 Å². The van der Waals surface area contributed by atoms with Gasteiger partial charge in [-0.15, -0.1) is 10.2 Å². The maximum absolute atomic E-state index is 10.7. The highest BCUT2D eigenvalue weighted by Gasteiger charge is 2.08. The van der Waals surface area contributed by atoms with Crippen LogP contribution in [0.25, 0.3) is 0 Å². The van der Waals surface area contributed by atoms with E-state index in [1.54, 1.807) is 43.6 Å². The van der Waals surface area contributed by atoms with Gasteiger partial charge >= 0.3 is 0 Å². The molecule has 0 aliphatic rings. The number of nitrogens with zero attached hydrogens (tertiary/aromatic N) is 6. The number of pyridine rings is 2. The van der Waals surface area contributed by atoms with Crippen LogP contribution in [-0.2, 0) is 0 Å². The van der Waals surface area contributed by atoms with Crippen LogP contribution in [0.1, 0.15) is 5.69 Å². The molecule has 0 amide bonds. The normalized spacial score (nSPS) is 11.4. The molecule has 10 heteroatoms. The first-order valence-electron chi connectivity index (χ1n) is 8.07. The molecule has 1 N–H and O–H groups in total. The van der Waals surface area contributed by atoms with Crippen molar-refractivity contribution in [3.63, 3.8) is 0 Å². The minimum absolute atomic E-state index is 0.129. The molecule has 0 aliphatic heterocycles. The third-order valence-electron chi connectivity index (χ3n) is 3.47. The van der Waals surface area contributed by atoms with Gasteiger partial charge in [0.15, 0.2) is 5.82 Å². The number of anilines is 1. The molecule has 0 atom stereocenters. The lowest BCUT2D eigenvalue weighted by Crippen LogP contribution is -2.04. The summed E-state index contributed by atoms with van der Waals surface area (Å²) in [5.41, 5.74) is 3.88. The fourth-order valence-electron chi connectivity index (χ4n) is 2.12. The van der Waals surface area contributed by atoms with Gasteiger partial charge < -0.3 is 4.74 Å². The molecule has 0 fully saturated rings. The van der Waals surface area contributed by atoms with Crippen LogP contribution >= 0.6 is 0 Å². The van der Waals surface area contributed by atoms with Crippen molar-refractivity contribution < 1.29 is 9.66 Å². The van der Waals surface area contributed by atoms with E-state index in [-0.39, 0.29) is 17.3 Å². The minimum Gasteiger partial charge on any atom is -0.495 e. The molecule has 3 aromatic rings. The second kappa shape index (κ2) is 8.94. The van der Waals surface area contributed by atoms with Crippen molar-refractivity contribution in [3.8, 4) is 5.75 Å². The van der Waals surface area contributed by atoms with E-state index in [2.05, 4.69) is 30.7 Å². The Morgan fingerprint density at radius 1 is 1.11 bits per heavy atom. The Labute approximate surface area is 159 Å². The summed E-state index contributed by atoms with van der Waals surface area (Å²) in [5.74, 6) is 1.01. The quantitative estimate of drug-likeness (QED) is 0.228. The fourth-order valence-corrected chi connectivity index (χ4v) is 2.12. The van der Waals surface area contributed by atoms with E-state index in [9.17, 15) is 10.1 Å². The number of hydrogen-bond donors (Lipinski definition) is 1. The van der Waals surface area contributed by atoms with Gasteiger partial charge in [-0.25, -0.2) is 4.98 Å². The largest absolute Gasteiger partial charge is 0.495 e. The van der Waals surface area contributed by atoms with Crippen molar-refractivity contribution in [1.82, 2.24) is 9.97 Å². The zero-order chi connectivity index (χ0) is 19.8. The van der Waals surface area contributed by atoms with Gasteiger partial charge in [-0.3, -0.25) is 20.5 Å². The molecule has 10 nitrogen and oxygen atoms in total. The Balaban J connectivity index is 1.88. The van der Waals surface area contributed by atoms with E-state index in [0.29, 0.717) is 17.1 Å². The number of hydrogen-bond acceptors (Lipinski definition) is 8. The minimum atomic E-state index is -0.536. The third kappa shape index (κ3) is 4.69. The summed E-state index contributed by atoms with van der Waals surface area (Å²) in [6.07, 6.45) is 2.71. The van der Waals surface area contributed by atoms with Gasteiger partial charge in [-0.2, -0.15) is 5.10 Å². The first kappa shape index (κ1) is 18.6. The van der Waals surface area contributed by atoms with E-state index >= 15 is 0 Å². The van der Waals surface area contributed by atoms with Gasteiger partial charge in [-0.05, 0) is 30.3 Å². The van der Waals surface area contributed by atoms with Crippen LogP contribution in [0, 0.1) is 10.1 Å². The van der Waals surface area contributed by atoms with Crippen molar-refractivity contribution in [2.45, 2.75) is 0 Å². The summed E-state index contributed by atoms with van der Waals surface area (Å²) < 4.78 is 5.28. The topological polar surface area (TPSA) is 127 Å². The molecule has 0 spiro atoms. The second-order valence-corrected chi connectivity index (χ2v) is 5.29. The fraction of sp³-hybridized carbons (Fsp3) is 0.0556. The average molecular weight is 377 g/mol. The van der Waals surface area contributed by atoms with E-state index in [0.717, 1.165) is 6.20 Å². The molecule has 140 valence electrons. The molecule has 3 rings (SSSR count). The molecular formula is C18H15N7O3. The summed E-state index contributed by atoms with van der Waals surface area (Å²) >= 11 is 0. The van der Waals surface area contributed by atoms with Gasteiger partial charge in [0.1, 0.15) is 17.6 Å². The maximum Gasteiger partial charge on any atom is 0.287 e. The zero-order valence-corrected chi connectivity index (χ0v) is 14.8. The van der Waals surface area contributed by atoms with Crippen LogP contribution in [0.5, 0.6) is 5.75 Å². The Morgan fingerprint density at radius 2 is 1.93 bits per heavy atom. The molecule has 0 saturated heterocycles. The first-order chi connectivity index (χ1) is 13.7. The Kier molecular flexibility index (Phi) is 5.93. The molecule has 28 heavy (non-hydrogen) atoms. The third-order valence-corrected chi connectivity index (χ3v) is 3.47. The summed E-state index contributed by atoms with van der Waals surface area (Å²) in [5, 5.41) is 23.0. The summed E-state index contributed by atoms with van der Waals surface area (Å²) in [4.78, 5) is 18.3.